The summed E-state index contributed by atoms with van der Waals surface area (Å²) in [7, 11) is 1.81. The molecule has 0 radical (unpaired) electrons. The minimum absolute atomic E-state index is 0. The third-order valence-electron chi connectivity index (χ3n) is 5.66. The maximum absolute atomic E-state index is 12.5. The number of aromatic nitrogens is 1. The first-order valence-electron chi connectivity index (χ1n) is 11.0. The quantitative estimate of drug-likeness (QED) is 0.304. The molecule has 8 heteroatoms. The number of carbonyl (C=O) groups excluding carboxylic acids is 1. The van der Waals surface area contributed by atoms with E-state index in [-0.39, 0.29) is 35.3 Å². The third-order valence-corrected chi connectivity index (χ3v) is 6.57. The first-order valence-corrected chi connectivity index (χ1v) is 11.9. The number of amides is 1. The van der Waals surface area contributed by atoms with Crippen LogP contribution >= 0.6 is 35.3 Å². The van der Waals surface area contributed by atoms with Gasteiger partial charge in [-0.15, -0.1) is 35.3 Å². The Morgan fingerprint density at radius 1 is 1.30 bits per heavy atom. The highest BCUT2D eigenvalue weighted by Gasteiger charge is 2.26. The van der Waals surface area contributed by atoms with E-state index < -0.39 is 0 Å². The molecule has 0 unspecified atom stereocenters. The van der Waals surface area contributed by atoms with Gasteiger partial charge in [0.1, 0.15) is 0 Å². The molecule has 0 atom stereocenters. The number of carbonyl (C=O) groups is 1. The number of guanidine groups is 1. The van der Waals surface area contributed by atoms with Crippen LogP contribution in [0.2, 0.25) is 0 Å². The number of piperidine rings is 1. The average molecular weight is 550 g/mol. The van der Waals surface area contributed by atoms with Crippen molar-refractivity contribution in [2.24, 2.45) is 10.9 Å². The fourth-order valence-electron chi connectivity index (χ4n) is 3.59. The van der Waals surface area contributed by atoms with Gasteiger partial charge in [-0.25, -0.2) is 4.98 Å². The predicted molar refractivity (Wildman–Crippen MR) is 138 cm³/mol. The van der Waals surface area contributed by atoms with Crippen molar-refractivity contribution in [3.63, 3.8) is 0 Å². The van der Waals surface area contributed by atoms with Crippen LogP contribution in [0.3, 0.4) is 0 Å². The second-order valence-electron chi connectivity index (χ2n) is 8.88. The van der Waals surface area contributed by atoms with E-state index in [4.69, 9.17) is 4.98 Å². The Morgan fingerprint density at radius 2 is 1.93 bits per heavy atom. The highest BCUT2D eigenvalue weighted by Crippen LogP contribution is 2.24. The van der Waals surface area contributed by atoms with Crippen LogP contribution in [-0.4, -0.2) is 54.5 Å². The van der Waals surface area contributed by atoms with E-state index in [1.807, 2.05) is 11.9 Å². The first-order chi connectivity index (χ1) is 13.8. The molecule has 30 heavy (non-hydrogen) atoms. The Hall–Kier alpha value is -0.900. The Kier molecular flexibility index (Phi) is 11.6. The lowest BCUT2D eigenvalue weighted by molar-refractivity contribution is -0.136. The van der Waals surface area contributed by atoms with Crippen LogP contribution in [0.1, 0.15) is 71.0 Å². The smallest absolute Gasteiger partial charge is 0.225 e. The molecule has 1 amide bonds. The summed E-state index contributed by atoms with van der Waals surface area (Å²) in [5, 5.41) is 10.3. The molecule has 1 aromatic rings. The normalized spacial score (nSPS) is 15.8. The molecule has 0 aliphatic carbocycles. The van der Waals surface area contributed by atoms with E-state index in [9.17, 15) is 4.79 Å². The van der Waals surface area contributed by atoms with E-state index >= 15 is 0 Å². The van der Waals surface area contributed by atoms with Gasteiger partial charge in [0.05, 0.1) is 10.7 Å². The molecule has 1 aromatic heterocycles. The molecule has 6 nitrogen and oxygen atoms in total. The van der Waals surface area contributed by atoms with Crippen LogP contribution in [0.4, 0.5) is 0 Å². The van der Waals surface area contributed by atoms with Gasteiger partial charge in [0, 0.05) is 55.9 Å². The van der Waals surface area contributed by atoms with Crippen molar-refractivity contribution < 1.29 is 4.79 Å². The lowest BCUT2D eigenvalue weighted by Crippen LogP contribution is -2.50. The molecule has 2 rings (SSSR count). The molecule has 2 heterocycles. The monoisotopic (exact) mass is 549 g/mol. The Labute approximate surface area is 203 Å². The molecule has 0 saturated carbocycles. The molecule has 1 fully saturated rings. The number of hydrogen-bond donors (Lipinski definition) is 2. The molecule has 0 spiro atoms. The number of thiazole rings is 1. The van der Waals surface area contributed by atoms with Crippen LogP contribution in [-0.2, 0) is 16.6 Å². The molecule has 1 aliphatic rings. The summed E-state index contributed by atoms with van der Waals surface area (Å²) in [5.74, 6) is 1.34. The number of hydrogen-bond acceptors (Lipinski definition) is 4. The molecular weight excluding hydrogens is 509 g/mol. The van der Waals surface area contributed by atoms with E-state index in [0.29, 0.717) is 11.9 Å². The summed E-state index contributed by atoms with van der Waals surface area (Å²) < 4.78 is 0. The summed E-state index contributed by atoms with van der Waals surface area (Å²) in [6, 6.07) is 0.360. The largest absolute Gasteiger partial charge is 0.356 e. The third kappa shape index (κ3) is 7.98. The highest BCUT2D eigenvalue weighted by atomic mass is 127. The van der Waals surface area contributed by atoms with Gasteiger partial charge >= 0.3 is 0 Å². The topological polar surface area (TPSA) is 69.6 Å². The summed E-state index contributed by atoms with van der Waals surface area (Å²) in [6.45, 7) is 13.3. The van der Waals surface area contributed by atoms with Gasteiger partial charge in [0.15, 0.2) is 5.96 Å². The number of halogens is 1. The van der Waals surface area contributed by atoms with Crippen molar-refractivity contribution in [1.82, 2.24) is 20.5 Å². The average Bonchev–Trinajstić information content (AvgIpc) is 3.18. The fourth-order valence-corrected chi connectivity index (χ4v) is 4.61. The van der Waals surface area contributed by atoms with Gasteiger partial charge in [0.2, 0.25) is 5.91 Å². The number of nitrogens with one attached hydrogen (secondary N) is 2. The van der Waals surface area contributed by atoms with Crippen LogP contribution < -0.4 is 10.6 Å². The van der Waals surface area contributed by atoms with Crippen LogP contribution in [0, 0.1) is 5.92 Å². The van der Waals surface area contributed by atoms with E-state index in [2.05, 4.69) is 55.6 Å². The second kappa shape index (κ2) is 12.8. The minimum Gasteiger partial charge on any atom is -0.356 e. The molecule has 172 valence electrons. The molecule has 0 aromatic carbocycles. The standard InChI is InChI=1S/C22H39N5OS.HI/c1-7-16(8-2)20(28)27-13-10-17(11-14-27)25-21(23-6)24-12-9-19-26-18(15-29-19)22(3,4)5;/h15-17H,7-14H2,1-6H3,(H2,23,24,25);1H. The van der Waals surface area contributed by atoms with Gasteiger partial charge in [-0.05, 0) is 25.7 Å². The van der Waals surface area contributed by atoms with Gasteiger partial charge in [0.25, 0.3) is 0 Å². The second-order valence-corrected chi connectivity index (χ2v) is 9.83. The lowest BCUT2D eigenvalue weighted by Gasteiger charge is -2.34. The fraction of sp³-hybridized carbons (Fsp3) is 0.773. The zero-order chi connectivity index (χ0) is 21.4. The summed E-state index contributed by atoms with van der Waals surface area (Å²) in [6.07, 6.45) is 4.69. The first kappa shape index (κ1) is 27.1. The van der Waals surface area contributed by atoms with Gasteiger partial charge in [-0.3, -0.25) is 9.79 Å². The molecule has 0 bridgehead atoms. The molecule has 1 saturated heterocycles. The molecule has 1 aliphatic heterocycles. The SMILES string of the molecule is CCC(CC)C(=O)N1CCC(NC(=NC)NCCc2nc(C(C)(C)C)cs2)CC1.I. The maximum Gasteiger partial charge on any atom is 0.225 e. The van der Waals surface area contributed by atoms with E-state index in [1.54, 1.807) is 11.3 Å². The Balaban J connectivity index is 0.00000450. The summed E-state index contributed by atoms with van der Waals surface area (Å²) in [4.78, 5) is 23.7. The maximum atomic E-state index is 12.5. The molecule has 2 N–H and O–H groups in total. The van der Waals surface area contributed by atoms with Crippen molar-refractivity contribution in [3.05, 3.63) is 16.1 Å². The predicted octanol–water partition coefficient (Wildman–Crippen LogP) is 4.19. The van der Waals surface area contributed by atoms with Crippen LogP contribution in [0.25, 0.3) is 0 Å². The number of nitrogens with zero attached hydrogens (tertiary/aromatic N) is 3. The minimum atomic E-state index is 0. The summed E-state index contributed by atoms with van der Waals surface area (Å²) in [5.41, 5.74) is 1.26. The number of rotatable bonds is 7. The van der Waals surface area contributed by atoms with E-state index in [1.165, 1.54) is 0 Å². The van der Waals surface area contributed by atoms with Crippen molar-refractivity contribution in [2.45, 2.75) is 78.2 Å². The summed E-state index contributed by atoms with van der Waals surface area (Å²) >= 11 is 1.73. The zero-order valence-electron chi connectivity index (χ0n) is 19.5. The van der Waals surface area contributed by atoms with Gasteiger partial charge in [-0.2, -0.15) is 0 Å². The van der Waals surface area contributed by atoms with E-state index in [0.717, 1.165) is 68.4 Å². The van der Waals surface area contributed by atoms with Crippen LogP contribution in [0.15, 0.2) is 10.4 Å². The molecular formula is C22H40IN5OS. The van der Waals surface area contributed by atoms with Crippen molar-refractivity contribution in [1.29, 1.82) is 0 Å². The Bertz CT molecular complexity index is 673. The van der Waals surface area contributed by atoms with Crippen LogP contribution in [0.5, 0.6) is 0 Å². The Morgan fingerprint density at radius 3 is 2.43 bits per heavy atom. The van der Waals surface area contributed by atoms with Gasteiger partial charge in [-0.1, -0.05) is 34.6 Å². The van der Waals surface area contributed by atoms with Crippen molar-refractivity contribution in [2.75, 3.05) is 26.7 Å². The highest BCUT2D eigenvalue weighted by molar-refractivity contribution is 14.0. The lowest BCUT2D eigenvalue weighted by atomic mass is 9.93. The van der Waals surface area contributed by atoms with Crippen molar-refractivity contribution in [3.8, 4) is 0 Å². The number of aliphatic imine (C=N–C) groups is 1. The zero-order valence-corrected chi connectivity index (χ0v) is 22.6. The van der Waals surface area contributed by atoms with Gasteiger partial charge < -0.3 is 15.5 Å². The van der Waals surface area contributed by atoms with Crippen molar-refractivity contribution >= 4 is 47.2 Å². The number of likely N-dealkylation sites (tertiary alicyclic amines) is 1.